The normalized spacial score (nSPS) is 14.3. The van der Waals surface area contributed by atoms with Crippen LogP contribution in [0.1, 0.15) is 53.8 Å². The van der Waals surface area contributed by atoms with Gasteiger partial charge in [0.25, 0.3) is 5.91 Å². The van der Waals surface area contributed by atoms with Crippen LogP contribution in [-0.2, 0) is 6.42 Å². The highest BCUT2D eigenvalue weighted by atomic mass is 16.5. The van der Waals surface area contributed by atoms with Crippen molar-refractivity contribution >= 4 is 11.9 Å². The van der Waals surface area contributed by atoms with Crippen LogP contribution in [0, 0.1) is 6.92 Å². The van der Waals surface area contributed by atoms with E-state index in [1.807, 2.05) is 25.1 Å². The number of aromatic nitrogens is 2. The maximum atomic E-state index is 12.6. The van der Waals surface area contributed by atoms with E-state index in [-0.39, 0.29) is 5.91 Å². The molecule has 1 fully saturated rings. The Hall–Kier alpha value is -2.83. The largest absolute Gasteiger partial charge is 0.493 e. The lowest BCUT2D eigenvalue weighted by atomic mass is 9.96. The summed E-state index contributed by atoms with van der Waals surface area (Å²) in [5.41, 5.74) is 2.23. The number of carbonyl (C=O) groups is 1. The molecule has 7 nitrogen and oxygen atoms in total. The van der Waals surface area contributed by atoms with E-state index in [1.54, 1.807) is 20.3 Å². The Labute approximate surface area is 172 Å². The first-order chi connectivity index (χ1) is 14.1. The molecule has 7 heteroatoms. The Bertz CT molecular complexity index is 835. The van der Waals surface area contributed by atoms with Crippen molar-refractivity contribution in [2.75, 3.05) is 26.1 Å². The number of ether oxygens (including phenoxy) is 2. The quantitative estimate of drug-likeness (QED) is 0.708. The molecule has 1 aromatic carbocycles. The molecule has 2 aromatic rings. The summed E-state index contributed by atoms with van der Waals surface area (Å²) in [6, 6.07) is 7.87. The van der Waals surface area contributed by atoms with Gasteiger partial charge in [0.1, 0.15) is 5.69 Å². The minimum atomic E-state index is -0.192. The highest BCUT2D eigenvalue weighted by molar-refractivity contribution is 5.92. The van der Waals surface area contributed by atoms with Crippen molar-refractivity contribution < 1.29 is 14.3 Å². The smallest absolute Gasteiger partial charge is 0.270 e. The van der Waals surface area contributed by atoms with Crippen LogP contribution in [0.25, 0.3) is 0 Å². The van der Waals surface area contributed by atoms with E-state index in [9.17, 15) is 4.79 Å². The zero-order valence-electron chi connectivity index (χ0n) is 17.5. The van der Waals surface area contributed by atoms with Crippen LogP contribution >= 0.6 is 0 Å². The molecule has 156 valence electrons. The number of aryl methyl sites for hydroxylation is 1. The Morgan fingerprint density at radius 1 is 1.07 bits per heavy atom. The average molecular weight is 399 g/mol. The molecule has 0 aliphatic heterocycles. The van der Waals surface area contributed by atoms with Gasteiger partial charge in [-0.3, -0.25) is 4.79 Å². The van der Waals surface area contributed by atoms with E-state index in [0.717, 1.165) is 24.1 Å². The van der Waals surface area contributed by atoms with Crippen molar-refractivity contribution in [2.24, 2.45) is 0 Å². The van der Waals surface area contributed by atoms with Gasteiger partial charge in [0.15, 0.2) is 11.5 Å². The lowest BCUT2D eigenvalue weighted by Crippen LogP contribution is -2.28. The van der Waals surface area contributed by atoms with E-state index >= 15 is 0 Å². The fourth-order valence-electron chi connectivity index (χ4n) is 3.63. The number of rotatable bonds is 8. The second-order valence-electron chi connectivity index (χ2n) is 7.39. The molecule has 0 bridgehead atoms. The van der Waals surface area contributed by atoms with Gasteiger partial charge in [-0.1, -0.05) is 25.3 Å². The summed E-state index contributed by atoms with van der Waals surface area (Å²) >= 11 is 0. The molecule has 1 aliphatic rings. The third-order valence-corrected chi connectivity index (χ3v) is 5.17. The minimum absolute atomic E-state index is 0.192. The maximum absolute atomic E-state index is 12.6. The number of hydrogen-bond acceptors (Lipinski definition) is 6. The maximum Gasteiger partial charge on any atom is 0.270 e. The van der Waals surface area contributed by atoms with Crippen molar-refractivity contribution in [1.29, 1.82) is 0 Å². The van der Waals surface area contributed by atoms with Gasteiger partial charge in [0.05, 0.1) is 14.2 Å². The first-order valence-electron chi connectivity index (χ1n) is 10.2. The zero-order valence-corrected chi connectivity index (χ0v) is 17.5. The standard InChI is InChI=1S/C22H30N4O3/c1-15-13-18(26-22(24-15)25-17-7-5-4-6-8-17)21(27)23-12-11-16-9-10-19(28-2)20(14-16)29-3/h9-10,13-14,17H,4-8,11-12H2,1-3H3,(H,23,27)(H,24,25,26). The number of amides is 1. The van der Waals surface area contributed by atoms with Crippen molar-refractivity contribution in [3.8, 4) is 11.5 Å². The molecule has 1 aliphatic carbocycles. The van der Waals surface area contributed by atoms with Crippen LogP contribution in [0.4, 0.5) is 5.95 Å². The summed E-state index contributed by atoms with van der Waals surface area (Å²) in [5, 5.41) is 6.34. The molecule has 1 saturated carbocycles. The number of nitrogens with one attached hydrogen (secondary N) is 2. The van der Waals surface area contributed by atoms with Gasteiger partial charge in [-0.25, -0.2) is 9.97 Å². The van der Waals surface area contributed by atoms with Gasteiger partial charge in [-0.15, -0.1) is 0 Å². The molecule has 0 radical (unpaired) electrons. The number of carbonyl (C=O) groups excluding carboxylic acids is 1. The van der Waals surface area contributed by atoms with E-state index < -0.39 is 0 Å². The monoisotopic (exact) mass is 398 g/mol. The first kappa shape index (κ1) is 20.9. The SMILES string of the molecule is COc1ccc(CCNC(=O)c2cc(C)nc(NC3CCCCC3)n2)cc1OC. The van der Waals surface area contributed by atoms with Crippen LogP contribution in [0.15, 0.2) is 24.3 Å². The third kappa shape index (κ3) is 5.82. The number of anilines is 1. The summed E-state index contributed by atoms with van der Waals surface area (Å²) in [4.78, 5) is 21.5. The highest BCUT2D eigenvalue weighted by Crippen LogP contribution is 2.27. The molecule has 0 atom stereocenters. The molecule has 1 amide bonds. The number of benzene rings is 1. The molecular formula is C22H30N4O3. The summed E-state index contributed by atoms with van der Waals surface area (Å²) in [6.45, 7) is 2.39. The summed E-state index contributed by atoms with van der Waals surface area (Å²) in [5.74, 6) is 1.72. The van der Waals surface area contributed by atoms with Gasteiger partial charge >= 0.3 is 0 Å². The minimum Gasteiger partial charge on any atom is -0.493 e. The molecule has 0 saturated heterocycles. The first-order valence-corrected chi connectivity index (χ1v) is 10.2. The van der Waals surface area contributed by atoms with Gasteiger partial charge in [-0.2, -0.15) is 0 Å². The Morgan fingerprint density at radius 2 is 1.83 bits per heavy atom. The number of methoxy groups -OCH3 is 2. The van der Waals surface area contributed by atoms with Gasteiger partial charge in [0.2, 0.25) is 5.95 Å². The van der Waals surface area contributed by atoms with Gasteiger partial charge in [0, 0.05) is 18.3 Å². The van der Waals surface area contributed by atoms with E-state index in [2.05, 4.69) is 20.6 Å². The molecule has 3 rings (SSSR count). The predicted octanol–water partition coefficient (Wildman–Crippen LogP) is 3.52. The number of nitrogens with zero attached hydrogens (tertiary/aromatic N) is 2. The van der Waals surface area contributed by atoms with Crippen molar-refractivity contribution in [1.82, 2.24) is 15.3 Å². The summed E-state index contributed by atoms with van der Waals surface area (Å²) in [7, 11) is 3.22. The van der Waals surface area contributed by atoms with Crippen LogP contribution in [0.3, 0.4) is 0 Å². The molecular weight excluding hydrogens is 368 g/mol. The fraction of sp³-hybridized carbons (Fsp3) is 0.500. The van der Waals surface area contributed by atoms with Crippen LogP contribution < -0.4 is 20.1 Å². The fourth-order valence-corrected chi connectivity index (χ4v) is 3.63. The summed E-state index contributed by atoms with van der Waals surface area (Å²) in [6.07, 6.45) is 6.69. The van der Waals surface area contributed by atoms with Gasteiger partial charge in [-0.05, 0) is 49.9 Å². The lowest BCUT2D eigenvalue weighted by Gasteiger charge is -2.23. The Kier molecular flexibility index (Phi) is 7.27. The Morgan fingerprint density at radius 3 is 2.55 bits per heavy atom. The lowest BCUT2D eigenvalue weighted by molar-refractivity contribution is 0.0949. The Balaban J connectivity index is 1.57. The summed E-state index contributed by atoms with van der Waals surface area (Å²) < 4.78 is 10.6. The van der Waals surface area contributed by atoms with Crippen LogP contribution in [0.2, 0.25) is 0 Å². The second kappa shape index (κ2) is 10.1. The molecule has 1 aromatic heterocycles. The van der Waals surface area contributed by atoms with Crippen molar-refractivity contribution in [2.45, 2.75) is 51.5 Å². The second-order valence-corrected chi connectivity index (χ2v) is 7.39. The van der Waals surface area contributed by atoms with Crippen molar-refractivity contribution in [3.05, 3.63) is 41.2 Å². The zero-order chi connectivity index (χ0) is 20.6. The average Bonchev–Trinajstić information content (AvgIpc) is 2.73. The van der Waals surface area contributed by atoms with Crippen LogP contribution in [0.5, 0.6) is 11.5 Å². The topological polar surface area (TPSA) is 85.4 Å². The van der Waals surface area contributed by atoms with Crippen molar-refractivity contribution in [3.63, 3.8) is 0 Å². The molecule has 1 heterocycles. The molecule has 2 N–H and O–H groups in total. The van der Waals surface area contributed by atoms with E-state index in [0.29, 0.717) is 42.1 Å². The molecule has 0 spiro atoms. The van der Waals surface area contributed by atoms with Gasteiger partial charge < -0.3 is 20.1 Å². The molecule has 0 unspecified atom stereocenters. The highest BCUT2D eigenvalue weighted by Gasteiger charge is 2.16. The van der Waals surface area contributed by atoms with Crippen LogP contribution in [-0.4, -0.2) is 42.7 Å². The third-order valence-electron chi connectivity index (χ3n) is 5.17. The predicted molar refractivity (Wildman–Crippen MR) is 113 cm³/mol. The van der Waals surface area contributed by atoms with E-state index in [1.165, 1.54) is 19.3 Å². The van der Waals surface area contributed by atoms with E-state index in [4.69, 9.17) is 9.47 Å². The number of hydrogen-bond donors (Lipinski definition) is 2. The molecule has 29 heavy (non-hydrogen) atoms.